The molecule has 100 valence electrons. The molecule has 3 N–H and O–H groups in total. The molecule has 0 bridgehead atoms. The highest BCUT2D eigenvalue weighted by molar-refractivity contribution is 5.85. The highest BCUT2D eigenvalue weighted by atomic mass is 35.5. The normalized spacial score (nSPS) is 30.8. The number of nitrogens with two attached hydrogens (primary N) is 1. The summed E-state index contributed by atoms with van der Waals surface area (Å²) in [6, 6.07) is -0.125. The summed E-state index contributed by atoms with van der Waals surface area (Å²) in [5.41, 5.74) is 5.80. The van der Waals surface area contributed by atoms with Crippen molar-refractivity contribution >= 4 is 18.3 Å². The molecule has 0 aromatic carbocycles. The molecule has 4 nitrogen and oxygen atoms in total. The maximum absolute atomic E-state index is 11.6. The molecule has 3 atom stereocenters. The molecule has 0 heterocycles. The number of carbonyl (C=O) groups excluding carboxylic acids is 1. The van der Waals surface area contributed by atoms with E-state index in [1.807, 2.05) is 6.92 Å². The van der Waals surface area contributed by atoms with Gasteiger partial charge in [-0.1, -0.05) is 6.42 Å². The molecule has 0 aliphatic heterocycles. The molecular formula is C12H23ClN2O2. The maximum atomic E-state index is 11.6. The average molecular weight is 263 g/mol. The van der Waals surface area contributed by atoms with Crippen molar-refractivity contribution in [2.75, 3.05) is 6.61 Å². The largest absolute Gasteiger partial charge is 0.378 e. The van der Waals surface area contributed by atoms with E-state index in [-0.39, 0.29) is 29.8 Å². The van der Waals surface area contributed by atoms with E-state index in [0.29, 0.717) is 6.10 Å². The van der Waals surface area contributed by atoms with Gasteiger partial charge in [0, 0.05) is 18.1 Å². The van der Waals surface area contributed by atoms with Gasteiger partial charge in [-0.15, -0.1) is 12.4 Å². The van der Waals surface area contributed by atoms with E-state index >= 15 is 0 Å². The molecule has 1 amide bonds. The van der Waals surface area contributed by atoms with Crippen LogP contribution >= 0.6 is 12.4 Å². The maximum Gasteiger partial charge on any atom is 0.236 e. The molecule has 2 fully saturated rings. The van der Waals surface area contributed by atoms with Crippen molar-refractivity contribution in [3.8, 4) is 0 Å². The third kappa shape index (κ3) is 2.44. The fourth-order valence-electron chi connectivity index (χ4n) is 2.94. The van der Waals surface area contributed by atoms with Gasteiger partial charge in [-0.3, -0.25) is 4.79 Å². The molecular weight excluding hydrogens is 240 g/mol. The lowest BCUT2D eigenvalue weighted by atomic mass is 9.51. The third-order valence-electron chi connectivity index (χ3n) is 4.17. The van der Waals surface area contributed by atoms with E-state index in [0.717, 1.165) is 13.0 Å². The molecule has 2 saturated carbocycles. The standard InChI is InChI=1S/C12H22N2O2.ClH/c1-3-16-10-7-9(12(10)5-4-6-12)14-11(15)8(2)13;/h8-10H,3-7,13H2,1-2H3,(H,14,15);1H/t8-,9?,10?;/m1./s1. The summed E-state index contributed by atoms with van der Waals surface area (Å²) < 4.78 is 5.73. The Morgan fingerprint density at radius 2 is 2.24 bits per heavy atom. The Kier molecular flexibility index (Phi) is 4.81. The van der Waals surface area contributed by atoms with Crippen LogP contribution in [0.2, 0.25) is 0 Å². The number of nitrogens with one attached hydrogen (secondary N) is 1. The zero-order chi connectivity index (χ0) is 11.8. The summed E-state index contributed by atoms with van der Waals surface area (Å²) >= 11 is 0. The first kappa shape index (κ1) is 14.7. The van der Waals surface area contributed by atoms with Crippen LogP contribution in [0.25, 0.3) is 0 Å². The lowest BCUT2D eigenvalue weighted by molar-refractivity contribution is -0.176. The number of rotatable bonds is 4. The minimum absolute atomic E-state index is 0. The van der Waals surface area contributed by atoms with Crippen LogP contribution in [0.3, 0.4) is 0 Å². The molecule has 2 aliphatic carbocycles. The van der Waals surface area contributed by atoms with Crippen molar-refractivity contribution in [1.29, 1.82) is 0 Å². The van der Waals surface area contributed by atoms with Crippen LogP contribution in [-0.4, -0.2) is 30.7 Å². The van der Waals surface area contributed by atoms with E-state index in [9.17, 15) is 4.79 Å². The minimum atomic E-state index is -0.414. The van der Waals surface area contributed by atoms with E-state index in [1.54, 1.807) is 6.92 Å². The number of carbonyl (C=O) groups is 1. The lowest BCUT2D eigenvalue weighted by Crippen LogP contribution is -2.68. The first-order valence-electron chi connectivity index (χ1n) is 6.27. The predicted molar refractivity (Wildman–Crippen MR) is 69.1 cm³/mol. The highest BCUT2D eigenvalue weighted by Crippen LogP contribution is 2.57. The van der Waals surface area contributed by atoms with Gasteiger partial charge in [0.25, 0.3) is 0 Å². The molecule has 0 aromatic rings. The Morgan fingerprint density at radius 1 is 1.59 bits per heavy atom. The van der Waals surface area contributed by atoms with Gasteiger partial charge in [0.1, 0.15) is 0 Å². The lowest BCUT2D eigenvalue weighted by Gasteiger charge is -2.61. The number of halogens is 1. The molecule has 2 aliphatic rings. The van der Waals surface area contributed by atoms with Crippen LogP contribution in [0, 0.1) is 5.41 Å². The molecule has 1 spiro atoms. The quantitative estimate of drug-likeness (QED) is 0.801. The van der Waals surface area contributed by atoms with Gasteiger partial charge in [0.05, 0.1) is 12.1 Å². The van der Waals surface area contributed by atoms with Crippen molar-refractivity contribution in [3.05, 3.63) is 0 Å². The van der Waals surface area contributed by atoms with Crippen LogP contribution in [0.4, 0.5) is 0 Å². The number of ether oxygens (including phenoxy) is 1. The van der Waals surface area contributed by atoms with Gasteiger partial charge >= 0.3 is 0 Å². The number of hydrogen-bond acceptors (Lipinski definition) is 3. The van der Waals surface area contributed by atoms with Crippen molar-refractivity contribution in [2.45, 2.75) is 57.7 Å². The van der Waals surface area contributed by atoms with Gasteiger partial charge in [-0.25, -0.2) is 0 Å². The minimum Gasteiger partial charge on any atom is -0.378 e. The van der Waals surface area contributed by atoms with Crippen LogP contribution < -0.4 is 11.1 Å². The first-order valence-corrected chi connectivity index (χ1v) is 6.27. The first-order chi connectivity index (χ1) is 7.60. The molecule has 0 aromatic heterocycles. The Bertz CT molecular complexity index is 280. The Labute approximate surface area is 109 Å². The Hall–Kier alpha value is -0.320. The summed E-state index contributed by atoms with van der Waals surface area (Å²) in [5.74, 6) is -0.0359. The summed E-state index contributed by atoms with van der Waals surface area (Å²) in [6.45, 7) is 4.52. The summed E-state index contributed by atoms with van der Waals surface area (Å²) in [4.78, 5) is 11.6. The smallest absolute Gasteiger partial charge is 0.236 e. The highest BCUT2D eigenvalue weighted by Gasteiger charge is 2.59. The molecule has 0 saturated heterocycles. The van der Waals surface area contributed by atoms with Crippen LogP contribution in [0.5, 0.6) is 0 Å². The van der Waals surface area contributed by atoms with Crippen molar-refractivity contribution in [2.24, 2.45) is 11.1 Å². The summed E-state index contributed by atoms with van der Waals surface area (Å²) in [5, 5.41) is 3.05. The van der Waals surface area contributed by atoms with Crippen molar-refractivity contribution < 1.29 is 9.53 Å². The van der Waals surface area contributed by atoms with E-state index in [2.05, 4.69) is 5.32 Å². The average Bonchev–Trinajstić information content (AvgIpc) is 2.12. The van der Waals surface area contributed by atoms with Crippen molar-refractivity contribution in [1.82, 2.24) is 5.32 Å². The van der Waals surface area contributed by atoms with Gasteiger partial charge in [0.15, 0.2) is 0 Å². The second kappa shape index (κ2) is 5.55. The third-order valence-corrected chi connectivity index (χ3v) is 4.17. The van der Waals surface area contributed by atoms with Gasteiger partial charge in [-0.05, 0) is 33.1 Å². The Balaban J connectivity index is 0.00000144. The molecule has 0 radical (unpaired) electrons. The molecule has 5 heteroatoms. The second-order valence-electron chi connectivity index (χ2n) is 5.12. The van der Waals surface area contributed by atoms with Crippen LogP contribution in [0.1, 0.15) is 39.5 Å². The number of hydrogen-bond donors (Lipinski definition) is 2. The van der Waals surface area contributed by atoms with Crippen molar-refractivity contribution in [3.63, 3.8) is 0 Å². The van der Waals surface area contributed by atoms with Gasteiger partial charge in [-0.2, -0.15) is 0 Å². The van der Waals surface area contributed by atoms with Gasteiger partial charge < -0.3 is 15.8 Å². The van der Waals surface area contributed by atoms with Gasteiger partial charge in [0.2, 0.25) is 5.91 Å². The van der Waals surface area contributed by atoms with Crippen LogP contribution in [0.15, 0.2) is 0 Å². The second-order valence-corrected chi connectivity index (χ2v) is 5.12. The summed E-state index contributed by atoms with van der Waals surface area (Å²) in [7, 11) is 0. The zero-order valence-electron chi connectivity index (χ0n) is 10.6. The zero-order valence-corrected chi connectivity index (χ0v) is 11.4. The SMILES string of the molecule is CCOC1CC(NC(=O)[C@@H](C)N)C12CCC2.Cl. The number of amides is 1. The molecule has 2 unspecified atom stereocenters. The molecule has 2 rings (SSSR count). The van der Waals surface area contributed by atoms with E-state index in [4.69, 9.17) is 10.5 Å². The summed E-state index contributed by atoms with van der Waals surface area (Å²) in [6.07, 6.45) is 4.92. The monoisotopic (exact) mass is 262 g/mol. The van der Waals surface area contributed by atoms with E-state index < -0.39 is 6.04 Å². The predicted octanol–water partition coefficient (Wildman–Crippen LogP) is 1.22. The van der Waals surface area contributed by atoms with Crippen LogP contribution in [-0.2, 0) is 9.53 Å². The van der Waals surface area contributed by atoms with E-state index in [1.165, 1.54) is 19.3 Å². The topological polar surface area (TPSA) is 64.3 Å². The fourth-order valence-corrected chi connectivity index (χ4v) is 2.94. The fraction of sp³-hybridized carbons (Fsp3) is 0.917. The molecule has 17 heavy (non-hydrogen) atoms. The Morgan fingerprint density at radius 3 is 2.65 bits per heavy atom.